The van der Waals surface area contributed by atoms with Crippen molar-refractivity contribution in [3.8, 4) is 0 Å². The first-order valence-electron chi connectivity index (χ1n) is 9.18. The van der Waals surface area contributed by atoms with Gasteiger partial charge in [-0.25, -0.2) is 4.90 Å². The number of nitrogens with zero attached hydrogens (tertiary/aromatic N) is 1. The van der Waals surface area contributed by atoms with Crippen molar-refractivity contribution in [3.63, 3.8) is 0 Å². The van der Waals surface area contributed by atoms with Gasteiger partial charge < -0.3 is 4.90 Å². The third-order valence-corrected chi connectivity index (χ3v) is 5.35. The summed E-state index contributed by atoms with van der Waals surface area (Å²) in [5, 5.41) is 0. The molecule has 0 spiro atoms. The molecule has 2 amide bonds. The topological polar surface area (TPSA) is 41.8 Å². The van der Waals surface area contributed by atoms with E-state index >= 15 is 0 Å². The second-order valence-corrected chi connectivity index (χ2v) is 8.50. The SMILES string of the molecule is C[NH+](Cc1ccc(C(C)(C)C)cc1)CN1C(=O)[C@H]2CC=CC[C@@H]2C1=O. The van der Waals surface area contributed by atoms with Crippen molar-refractivity contribution in [2.45, 2.75) is 45.6 Å². The fourth-order valence-electron chi connectivity index (χ4n) is 3.82. The van der Waals surface area contributed by atoms with E-state index in [1.165, 1.54) is 16.0 Å². The molecule has 2 aliphatic rings. The number of allylic oxidation sites excluding steroid dienone is 2. The van der Waals surface area contributed by atoms with Crippen molar-refractivity contribution in [3.05, 3.63) is 47.5 Å². The molecule has 1 N–H and O–H groups in total. The second-order valence-electron chi connectivity index (χ2n) is 8.50. The molecule has 4 nitrogen and oxygen atoms in total. The predicted molar refractivity (Wildman–Crippen MR) is 97.8 cm³/mol. The van der Waals surface area contributed by atoms with Gasteiger partial charge in [-0.15, -0.1) is 0 Å². The Morgan fingerprint density at radius 2 is 1.52 bits per heavy atom. The molecule has 0 aromatic heterocycles. The fourth-order valence-corrected chi connectivity index (χ4v) is 3.82. The lowest BCUT2D eigenvalue weighted by Crippen LogP contribution is -3.09. The zero-order valence-corrected chi connectivity index (χ0v) is 15.7. The van der Waals surface area contributed by atoms with Gasteiger partial charge in [0.15, 0.2) is 6.67 Å². The summed E-state index contributed by atoms with van der Waals surface area (Å²) in [4.78, 5) is 27.7. The number of nitrogens with one attached hydrogen (secondary N) is 1. The van der Waals surface area contributed by atoms with Crippen molar-refractivity contribution in [1.82, 2.24) is 4.90 Å². The predicted octanol–water partition coefficient (Wildman–Crippen LogP) is 1.91. The molecule has 1 unspecified atom stereocenters. The van der Waals surface area contributed by atoms with Crippen LogP contribution in [0.2, 0.25) is 0 Å². The Hall–Kier alpha value is -1.94. The number of quaternary nitrogens is 1. The number of carbonyl (C=O) groups excluding carboxylic acids is 2. The maximum Gasteiger partial charge on any atom is 0.237 e. The number of likely N-dealkylation sites (tertiary alicyclic amines) is 1. The molecule has 25 heavy (non-hydrogen) atoms. The van der Waals surface area contributed by atoms with Crippen molar-refractivity contribution in [2.75, 3.05) is 13.7 Å². The molecule has 1 heterocycles. The summed E-state index contributed by atoms with van der Waals surface area (Å²) < 4.78 is 0. The molecule has 1 aromatic carbocycles. The molecule has 4 heteroatoms. The highest BCUT2D eigenvalue weighted by Crippen LogP contribution is 2.34. The van der Waals surface area contributed by atoms with Crippen LogP contribution in [0, 0.1) is 11.8 Å². The van der Waals surface area contributed by atoms with Crippen molar-refractivity contribution >= 4 is 11.8 Å². The van der Waals surface area contributed by atoms with Gasteiger partial charge in [0.2, 0.25) is 11.8 Å². The molecule has 3 atom stereocenters. The molecule has 1 aliphatic carbocycles. The normalized spacial score (nSPS) is 24.6. The molecule has 0 radical (unpaired) electrons. The van der Waals surface area contributed by atoms with Gasteiger partial charge in [-0.1, -0.05) is 57.2 Å². The molecular formula is C21H29N2O2+. The minimum atomic E-state index is -0.128. The first kappa shape index (κ1) is 17.9. The molecule has 1 aromatic rings. The van der Waals surface area contributed by atoms with Crippen LogP contribution in [0.3, 0.4) is 0 Å². The zero-order valence-electron chi connectivity index (χ0n) is 15.7. The number of amides is 2. The molecule has 0 bridgehead atoms. The smallest absolute Gasteiger partial charge is 0.237 e. The van der Waals surface area contributed by atoms with Crippen LogP contribution in [-0.2, 0) is 21.5 Å². The van der Waals surface area contributed by atoms with Crippen LogP contribution in [-0.4, -0.2) is 30.4 Å². The van der Waals surface area contributed by atoms with E-state index < -0.39 is 0 Å². The Morgan fingerprint density at radius 1 is 1.00 bits per heavy atom. The number of imide groups is 1. The van der Waals surface area contributed by atoms with E-state index in [2.05, 4.69) is 45.0 Å². The molecule has 134 valence electrons. The first-order chi connectivity index (χ1) is 11.8. The van der Waals surface area contributed by atoms with Gasteiger partial charge in [0.05, 0.1) is 18.9 Å². The molecular weight excluding hydrogens is 312 g/mol. The zero-order chi connectivity index (χ0) is 18.2. The van der Waals surface area contributed by atoms with Gasteiger partial charge in [0, 0.05) is 5.56 Å². The maximum atomic E-state index is 12.6. The monoisotopic (exact) mass is 341 g/mol. The van der Waals surface area contributed by atoms with E-state index in [0.29, 0.717) is 19.5 Å². The van der Waals surface area contributed by atoms with Crippen molar-refractivity contribution < 1.29 is 14.5 Å². The summed E-state index contributed by atoms with van der Waals surface area (Å²) in [6.45, 7) is 7.87. The Kier molecular flexibility index (Phi) is 4.83. The molecule has 1 aliphatic heterocycles. The Morgan fingerprint density at radius 3 is 2.00 bits per heavy atom. The average Bonchev–Trinajstić information content (AvgIpc) is 2.80. The van der Waals surface area contributed by atoms with Crippen molar-refractivity contribution in [2.24, 2.45) is 11.8 Å². The van der Waals surface area contributed by atoms with Gasteiger partial charge >= 0.3 is 0 Å². The van der Waals surface area contributed by atoms with E-state index in [1.807, 2.05) is 19.2 Å². The van der Waals surface area contributed by atoms with Crippen LogP contribution < -0.4 is 4.90 Å². The van der Waals surface area contributed by atoms with Gasteiger partial charge in [-0.2, -0.15) is 0 Å². The lowest BCUT2D eigenvalue weighted by Gasteiger charge is -2.22. The lowest BCUT2D eigenvalue weighted by molar-refractivity contribution is -0.901. The molecule has 1 saturated heterocycles. The van der Waals surface area contributed by atoms with Gasteiger partial charge in [0.1, 0.15) is 6.54 Å². The summed E-state index contributed by atoms with van der Waals surface area (Å²) in [7, 11) is 2.04. The third kappa shape index (κ3) is 3.69. The average molecular weight is 341 g/mol. The summed E-state index contributed by atoms with van der Waals surface area (Å²) in [5.41, 5.74) is 2.69. The van der Waals surface area contributed by atoms with E-state index in [4.69, 9.17) is 0 Å². The van der Waals surface area contributed by atoms with Crippen LogP contribution in [0.4, 0.5) is 0 Å². The standard InChI is InChI=1S/C21H28N2O2/c1-21(2,3)16-11-9-15(10-12-16)13-22(4)14-23-19(24)17-7-5-6-8-18(17)20(23)25/h5-6,9-12,17-18H,7-8,13-14H2,1-4H3/p+1/t17-,18-/m0/s1. The number of fused-ring (bicyclic) bond motifs is 1. The Balaban J connectivity index is 1.62. The Labute approximate surface area is 150 Å². The third-order valence-electron chi connectivity index (χ3n) is 5.35. The highest BCUT2D eigenvalue weighted by molar-refractivity contribution is 6.05. The lowest BCUT2D eigenvalue weighted by atomic mass is 9.85. The first-order valence-corrected chi connectivity index (χ1v) is 9.18. The van der Waals surface area contributed by atoms with Crippen LogP contribution in [0.15, 0.2) is 36.4 Å². The minimum Gasteiger partial charge on any atom is -0.316 e. The van der Waals surface area contributed by atoms with E-state index in [9.17, 15) is 9.59 Å². The van der Waals surface area contributed by atoms with Crippen LogP contribution >= 0.6 is 0 Å². The minimum absolute atomic E-state index is 0.0155. The van der Waals surface area contributed by atoms with E-state index in [1.54, 1.807) is 0 Å². The highest BCUT2D eigenvalue weighted by Gasteiger charge is 2.48. The largest absolute Gasteiger partial charge is 0.316 e. The van der Waals surface area contributed by atoms with Crippen LogP contribution in [0.25, 0.3) is 0 Å². The summed E-state index contributed by atoms with van der Waals surface area (Å²) >= 11 is 0. The number of benzene rings is 1. The summed E-state index contributed by atoms with van der Waals surface area (Å²) in [6, 6.07) is 8.66. The number of carbonyl (C=O) groups is 2. The van der Waals surface area contributed by atoms with Crippen LogP contribution in [0.1, 0.15) is 44.7 Å². The number of hydrogen-bond donors (Lipinski definition) is 1. The molecule has 1 fully saturated rings. The number of hydrogen-bond acceptors (Lipinski definition) is 2. The maximum absolute atomic E-state index is 12.6. The highest BCUT2D eigenvalue weighted by atomic mass is 16.2. The van der Waals surface area contributed by atoms with Gasteiger partial charge in [0.25, 0.3) is 0 Å². The molecule has 3 rings (SSSR count). The molecule has 0 saturated carbocycles. The van der Waals surface area contributed by atoms with Crippen molar-refractivity contribution in [1.29, 1.82) is 0 Å². The van der Waals surface area contributed by atoms with Crippen LogP contribution in [0.5, 0.6) is 0 Å². The quantitative estimate of drug-likeness (QED) is 0.671. The van der Waals surface area contributed by atoms with Gasteiger partial charge in [-0.3, -0.25) is 9.59 Å². The summed E-state index contributed by atoms with van der Waals surface area (Å²) in [5.74, 6) is -0.226. The fraction of sp³-hybridized carbons (Fsp3) is 0.524. The van der Waals surface area contributed by atoms with Gasteiger partial charge in [-0.05, 0) is 23.8 Å². The van der Waals surface area contributed by atoms with E-state index in [0.717, 1.165) is 11.4 Å². The van der Waals surface area contributed by atoms with E-state index in [-0.39, 0.29) is 29.1 Å². The number of rotatable bonds is 4. The summed E-state index contributed by atoms with van der Waals surface area (Å²) in [6.07, 6.45) is 5.48. The second kappa shape index (κ2) is 6.75. The Bertz CT molecular complexity index is 659.